The van der Waals surface area contributed by atoms with E-state index >= 15 is 0 Å². The fourth-order valence-electron chi connectivity index (χ4n) is 4.25. The molecule has 10 heteroatoms. The summed E-state index contributed by atoms with van der Waals surface area (Å²) in [4.78, 5) is 48.7. The second-order valence-corrected chi connectivity index (χ2v) is 13.3. The van der Waals surface area contributed by atoms with Crippen molar-refractivity contribution in [2.24, 2.45) is 11.3 Å². The Bertz CT molecular complexity index is 786. The minimum absolute atomic E-state index is 0.0333. The van der Waals surface area contributed by atoms with Gasteiger partial charge in [-0.3, -0.25) is 19.2 Å². The normalized spacial score (nSPS) is 13.8. The number of unbranched alkanes of at least 4 members (excludes halogenated alkanes) is 1. The van der Waals surface area contributed by atoms with Crippen LogP contribution in [-0.2, 0) is 28.7 Å². The standard InChI is InChI=1S/C30H58N4O6/c1-11-24(35)34-30(9,10)20-22(2)27(38)32-16-17-39-18-19-40-21-25(36)31-15-13-12-14-23(33-29(6,7)8)26(37)28(3,4)5/h22-23,33H,11-21H2,1-10H3,(H,31,36)(H,32,38)(H,34,35)/t22?,23-/m0/s1. The quantitative estimate of drug-likeness (QED) is 0.165. The van der Waals surface area contributed by atoms with Crippen molar-refractivity contribution in [2.45, 2.75) is 118 Å². The molecule has 0 aliphatic carbocycles. The lowest BCUT2D eigenvalue weighted by Crippen LogP contribution is -2.50. The molecule has 3 amide bonds. The van der Waals surface area contributed by atoms with Crippen LogP contribution in [0.5, 0.6) is 0 Å². The van der Waals surface area contributed by atoms with Crippen LogP contribution in [-0.4, -0.2) is 80.1 Å². The van der Waals surface area contributed by atoms with E-state index in [4.69, 9.17) is 9.47 Å². The molecule has 0 saturated carbocycles. The summed E-state index contributed by atoms with van der Waals surface area (Å²) < 4.78 is 10.8. The van der Waals surface area contributed by atoms with Crippen molar-refractivity contribution < 1.29 is 28.7 Å². The van der Waals surface area contributed by atoms with E-state index in [0.29, 0.717) is 39.1 Å². The Hall–Kier alpha value is -2.04. The van der Waals surface area contributed by atoms with Crippen LogP contribution in [0.2, 0.25) is 0 Å². The molecule has 0 rings (SSSR count). The lowest BCUT2D eigenvalue weighted by Gasteiger charge is -2.31. The molecule has 234 valence electrons. The zero-order valence-electron chi connectivity index (χ0n) is 26.9. The summed E-state index contributed by atoms with van der Waals surface area (Å²) in [5, 5.41) is 12.1. The molecular formula is C30H58N4O6. The van der Waals surface area contributed by atoms with Gasteiger partial charge in [-0.1, -0.05) is 34.6 Å². The Morgan fingerprint density at radius 3 is 1.98 bits per heavy atom. The molecule has 0 aromatic heterocycles. The summed E-state index contributed by atoms with van der Waals surface area (Å²) >= 11 is 0. The molecule has 0 bridgehead atoms. The van der Waals surface area contributed by atoms with E-state index in [0.717, 1.165) is 19.3 Å². The smallest absolute Gasteiger partial charge is 0.245 e. The van der Waals surface area contributed by atoms with Gasteiger partial charge in [-0.25, -0.2) is 0 Å². The fourth-order valence-corrected chi connectivity index (χ4v) is 4.25. The summed E-state index contributed by atoms with van der Waals surface area (Å²) in [6, 6.07) is -0.206. The molecule has 2 atom stereocenters. The monoisotopic (exact) mass is 570 g/mol. The number of amides is 3. The summed E-state index contributed by atoms with van der Waals surface area (Å²) in [5.74, 6) is -0.348. The first-order chi connectivity index (χ1) is 18.4. The van der Waals surface area contributed by atoms with Crippen LogP contribution >= 0.6 is 0 Å². The molecule has 0 aliphatic heterocycles. The first-order valence-electron chi connectivity index (χ1n) is 14.7. The van der Waals surface area contributed by atoms with Crippen LogP contribution in [0, 0.1) is 11.3 Å². The predicted octanol–water partition coefficient (Wildman–Crippen LogP) is 3.13. The Kier molecular flexibility index (Phi) is 17.5. The molecule has 0 radical (unpaired) electrons. The van der Waals surface area contributed by atoms with Crippen molar-refractivity contribution in [3.8, 4) is 0 Å². The summed E-state index contributed by atoms with van der Waals surface area (Å²) in [6.07, 6.45) is 3.28. The number of hydrogen-bond acceptors (Lipinski definition) is 7. The van der Waals surface area contributed by atoms with Crippen LogP contribution < -0.4 is 21.3 Å². The highest BCUT2D eigenvalue weighted by Crippen LogP contribution is 2.21. The SMILES string of the molecule is CCC(=O)NC(C)(C)CC(C)C(=O)NCCOCCOCC(=O)NCCCC[C@H](NC(C)(C)C)C(=O)C(C)(C)C. The molecule has 0 aromatic rings. The van der Waals surface area contributed by atoms with Gasteiger partial charge < -0.3 is 30.7 Å². The van der Waals surface area contributed by atoms with E-state index in [1.807, 2.05) is 41.5 Å². The van der Waals surface area contributed by atoms with E-state index < -0.39 is 11.0 Å². The number of ketones is 1. The molecule has 0 heterocycles. The van der Waals surface area contributed by atoms with Crippen LogP contribution in [0.1, 0.15) is 101 Å². The predicted molar refractivity (Wildman–Crippen MR) is 159 cm³/mol. The summed E-state index contributed by atoms with van der Waals surface area (Å²) in [5.41, 5.74) is -1.01. The van der Waals surface area contributed by atoms with Gasteiger partial charge in [-0.05, 0) is 60.3 Å². The van der Waals surface area contributed by atoms with E-state index in [9.17, 15) is 19.2 Å². The Balaban J connectivity index is 3.97. The van der Waals surface area contributed by atoms with E-state index in [-0.39, 0.29) is 54.2 Å². The van der Waals surface area contributed by atoms with E-state index in [1.54, 1.807) is 6.92 Å². The molecule has 1 unspecified atom stereocenters. The van der Waals surface area contributed by atoms with Crippen LogP contribution in [0.3, 0.4) is 0 Å². The van der Waals surface area contributed by atoms with Crippen molar-refractivity contribution in [2.75, 3.05) is 39.5 Å². The average molecular weight is 571 g/mol. The topological polar surface area (TPSA) is 135 Å². The van der Waals surface area contributed by atoms with Gasteiger partial charge in [-0.15, -0.1) is 0 Å². The fraction of sp³-hybridized carbons (Fsp3) is 0.867. The highest BCUT2D eigenvalue weighted by Gasteiger charge is 2.31. The number of rotatable bonds is 20. The summed E-state index contributed by atoms with van der Waals surface area (Å²) in [6.45, 7) is 21.2. The van der Waals surface area contributed by atoms with Gasteiger partial charge in [0.15, 0.2) is 5.78 Å². The number of nitrogens with one attached hydrogen (secondary N) is 4. The van der Waals surface area contributed by atoms with Gasteiger partial charge in [0.2, 0.25) is 17.7 Å². The number of carbonyl (C=O) groups excluding carboxylic acids is 4. The third kappa shape index (κ3) is 19.1. The van der Waals surface area contributed by atoms with Crippen LogP contribution in [0.25, 0.3) is 0 Å². The first-order valence-corrected chi connectivity index (χ1v) is 14.7. The molecule has 10 nitrogen and oxygen atoms in total. The van der Waals surface area contributed by atoms with Gasteiger partial charge in [0.1, 0.15) is 6.61 Å². The lowest BCUT2D eigenvalue weighted by molar-refractivity contribution is -0.129. The van der Waals surface area contributed by atoms with Gasteiger partial charge in [0, 0.05) is 41.9 Å². The Morgan fingerprint density at radius 1 is 0.775 bits per heavy atom. The Labute approximate surface area is 242 Å². The molecule has 0 aliphatic rings. The second-order valence-electron chi connectivity index (χ2n) is 13.3. The van der Waals surface area contributed by atoms with Crippen molar-refractivity contribution in [3.63, 3.8) is 0 Å². The first kappa shape index (κ1) is 38.0. The highest BCUT2D eigenvalue weighted by atomic mass is 16.5. The third-order valence-corrected chi connectivity index (χ3v) is 6.12. The molecule has 0 saturated heterocycles. The van der Waals surface area contributed by atoms with E-state index in [1.165, 1.54) is 0 Å². The van der Waals surface area contributed by atoms with Crippen molar-refractivity contribution in [1.82, 2.24) is 21.3 Å². The zero-order chi connectivity index (χ0) is 31.0. The van der Waals surface area contributed by atoms with Crippen LogP contribution in [0.15, 0.2) is 0 Å². The maximum absolute atomic E-state index is 12.8. The maximum Gasteiger partial charge on any atom is 0.245 e. The number of hydrogen-bond donors (Lipinski definition) is 4. The average Bonchev–Trinajstić information content (AvgIpc) is 2.81. The van der Waals surface area contributed by atoms with Crippen molar-refractivity contribution in [3.05, 3.63) is 0 Å². The van der Waals surface area contributed by atoms with E-state index in [2.05, 4.69) is 42.0 Å². The second kappa shape index (κ2) is 18.4. The molecule has 0 fully saturated rings. The van der Waals surface area contributed by atoms with Crippen molar-refractivity contribution >= 4 is 23.5 Å². The highest BCUT2D eigenvalue weighted by molar-refractivity contribution is 5.88. The van der Waals surface area contributed by atoms with Gasteiger partial charge >= 0.3 is 0 Å². The molecular weight excluding hydrogens is 512 g/mol. The minimum atomic E-state index is -0.455. The largest absolute Gasteiger partial charge is 0.377 e. The van der Waals surface area contributed by atoms with Gasteiger partial charge in [-0.2, -0.15) is 0 Å². The third-order valence-electron chi connectivity index (χ3n) is 6.12. The lowest BCUT2D eigenvalue weighted by atomic mass is 9.84. The number of ether oxygens (including phenoxy) is 2. The Morgan fingerprint density at radius 2 is 1.40 bits per heavy atom. The number of carbonyl (C=O) groups is 4. The minimum Gasteiger partial charge on any atom is -0.377 e. The molecule has 4 N–H and O–H groups in total. The summed E-state index contributed by atoms with van der Waals surface area (Å²) in [7, 11) is 0. The van der Waals surface area contributed by atoms with Gasteiger partial charge in [0.05, 0.1) is 25.9 Å². The maximum atomic E-state index is 12.8. The van der Waals surface area contributed by atoms with Crippen molar-refractivity contribution in [1.29, 1.82) is 0 Å². The zero-order valence-corrected chi connectivity index (χ0v) is 26.9. The van der Waals surface area contributed by atoms with Crippen LogP contribution in [0.4, 0.5) is 0 Å². The van der Waals surface area contributed by atoms with Gasteiger partial charge in [0.25, 0.3) is 0 Å². The molecule has 0 spiro atoms. The number of Topliss-reactive ketones (excluding diaryl/α,β-unsaturated/α-hetero) is 1. The molecule has 40 heavy (non-hydrogen) atoms. The molecule has 0 aromatic carbocycles.